The molecule has 0 aliphatic heterocycles. The summed E-state index contributed by atoms with van der Waals surface area (Å²) >= 11 is 0. The third-order valence-electron chi connectivity index (χ3n) is 2.98. The molecule has 0 spiro atoms. The Kier molecular flexibility index (Phi) is 3.53. The summed E-state index contributed by atoms with van der Waals surface area (Å²) in [7, 11) is 1.74. The van der Waals surface area contributed by atoms with Crippen LogP contribution >= 0.6 is 0 Å². The summed E-state index contributed by atoms with van der Waals surface area (Å²) in [6.07, 6.45) is 0. The fourth-order valence-electron chi connectivity index (χ4n) is 1.83. The highest BCUT2D eigenvalue weighted by Crippen LogP contribution is 2.22. The molecule has 0 bridgehead atoms. The Hall–Kier alpha value is -2.30. The number of anilines is 1. The predicted octanol–water partition coefficient (Wildman–Crippen LogP) is 2.68. The van der Waals surface area contributed by atoms with E-state index < -0.39 is 0 Å². The second-order valence-electron chi connectivity index (χ2n) is 5.79. The second-order valence-corrected chi connectivity index (χ2v) is 5.79. The molecule has 1 aromatic heterocycles. The topological polar surface area (TPSA) is 67.2 Å². The van der Waals surface area contributed by atoms with Crippen LogP contribution in [0, 0.1) is 0 Å². The first-order chi connectivity index (χ1) is 9.27. The SMILES string of the molecule is Cn1nc(C(C)(C)C)cc1C(=O)Nc1cccc(O)c1. The molecule has 2 N–H and O–H groups in total. The lowest BCUT2D eigenvalue weighted by atomic mass is 9.92. The van der Waals surface area contributed by atoms with E-state index in [1.54, 1.807) is 36.0 Å². The van der Waals surface area contributed by atoms with Crippen molar-refractivity contribution < 1.29 is 9.90 Å². The zero-order chi connectivity index (χ0) is 14.9. The average molecular weight is 273 g/mol. The van der Waals surface area contributed by atoms with Gasteiger partial charge < -0.3 is 10.4 Å². The Labute approximate surface area is 118 Å². The highest BCUT2D eigenvalue weighted by molar-refractivity contribution is 6.03. The van der Waals surface area contributed by atoms with Gasteiger partial charge in [-0.3, -0.25) is 9.48 Å². The molecule has 2 aromatic rings. The van der Waals surface area contributed by atoms with E-state index in [9.17, 15) is 9.90 Å². The van der Waals surface area contributed by atoms with E-state index in [0.29, 0.717) is 11.4 Å². The number of phenols is 1. The molecule has 0 aliphatic rings. The molecule has 106 valence electrons. The largest absolute Gasteiger partial charge is 0.508 e. The highest BCUT2D eigenvalue weighted by Gasteiger charge is 2.21. The number of benzene rings is 1. The van der Waals surface area contributed by atoms with E-state index in [1.165, 1.54) is 6.07 Å². The molecule has 0 atom stereocenters. The van der Waals surface area contributed by atoms with Gasteiger partial charge in [-0.15, -0.1) is 0 Å². The predicted molar refractivity (Wildman–Crippen MR) is 78.0 cm³/mol. The minimum atomic E-state index is -0.249. The quantitative estimate of drug-likeness (QED) is 0.884. The van der Waals surface area contributed by atoms with Crippen molar-refractivity contribution in [3.8, 4) is 5.75 Å². The molecule has 5 heteroatoms. The molecule has 20 heavy (non-hydrogen) atoms. The van der Waals surface area contributed by atoms with Crippen LogP contribution in [0.3, 0.4) is 0 Å². The van der Waals surface area contributed by atoms with Crippen molar-refractivity contribution in [2.75, 3.05) is 5.32 Å². The molecule has 0 aliphatic carbocycles. The van der Waals surface area contributed by atoms with Crippen molar-refractivity contribution >= 4 is 11.6 Å². The number of hydrogen-bond acceptors (Lipinski definition) is 3. The van der Waals surface area contributed by atoms with E-state index in [-0.39, 0.29) is 17.1 Å². The first kappa shape index (κ1) is 14.1. The molecule has 0 saturated carbocycles. The Bertz CT molecular complexity index is 639. The van der Waals surface area contributed by atoms with Gasteiger partial charge in [0.2, 0.25) is 0 Å². The van der Waals surface area contributed by atoms with Crippen molar-refractivity contribution in [3.63, 3.8) is 0 Å². The molecular formula is C15H19N3O2. The number of aromatic hydroxyl groups is 1. The Morgan fingerprint density at radius 1 is 1.30 bits per heavy atom. The number of hydrogen-bond donors (Lipinski definition) is 2. The fraction of sp³-hybridized carbons (Fsp3) is 0.333. The van der Waals surface area contributed by atoms with E-state index >= 15 is 0 Å². The molecule has 1 heterocycles. The number of amides is 1. The maximum Gasteiger partial charge on any atom is 0.273 e. The van der Waals surface area contributed by atoms with Crippen LogP contribution in [-0.2, 0) is 12.5 Å². The van der Waals surface area contributed by atoms with Crippen molar-refractivity contribution in [1.82, 2.24) is 9.78 Å². The molecule has 5 nitrogen and oxygen atoms in total. The van der Waals surface area contributed by atoms with E-state index in [0.717, 1.165) is 5.69 Å². The maximum atomic E-state index is 12.2. The lowest BCUT2D eigenvalue weighted by Gasteiger charge is -2.13. The molecular weight excluding hydrogens is 254 g/mol. The average Bonchev–Trinajstić information content (AvgIpc) is 2.71. The molecule has 0 radical (unpaired) electrons. The summed E-state index contributed by atoms with van der Waals surface area (Å²) in [4.78, 5) is 12.2. The van der Waals surface area contributed by atoms with Crippen molar-refractivity contribution in [3.05, 3.63) is 41.7 Å². The smallest absolute Gasteiger partial charge is 0.273 e. The zero-order valence-corrected chi connectivity index (χ0v) is 12.1. The van der Waals surface area contributed by atoms with Crippen LogP contribution in [0.1, 0.15) is 37.0 Å². The summed E-state index contributed by atoms with van der Waals surface area (Å²) in [6.45, 7) is 6.14. The zero-order valence-electron chi connectivity index (χ0n) is 12.1. The third kappa shape index (κ3) is 2.99. The Morgan fingerprint density at radius 2 is 2.00 bits per heavy atom. The van der Waals surface area contributed by atoms with E-state index in [1.807, 2.05) is 20.8 Å². The first-order valence-electron chi connectivity index (χ1n) is 6.42. The van der Waals surface area contributed by atoms with Gasteiger partial charge >= 0.3 is 0 Å². The number of rotatable bonds is 2. The third-order valence-corrected chi connectivity index (χ3v) is 2.98. The number of nitrogens with zero attached hydrogens (tertiary/aromatic N) is 2. The number of nitrogens with one attached hydrogen (secondary N) is 1. The molecule has 0 saturated heterocycles. The van der Waals surface area contributed by atoms with Gasteiger partial charge in [-0.05, 0) is 18.2 Å². The van der Waals surface area contributed by atoms with Gasteiger partial charge in [-0.1, -0.05) is 26.8 Å². The summed E-state index contributed by atoms with van der Waals surface area (Å²) in [5.41, 5.74) is 1.79. The van der Waals surface area contributed by atoms with Crippen molar-refractivity contribution in [2.45, 2.75) is 26.2 Å². The lowest BCUT2D eigenvalue weighted by molar-refractivity contribution is 0.101. The minimum absolute atomic E-state index is 0.110. The molecule has 2 rings (SSSR count). The van der Waals surface area contributed by atoms with E-state index in [2.05, 4.69) is 10.4 Å². The fourth-order valence-corrected chi connectivity index (χ4v) is 1.83. The van der Waals surface area contributed by atoms with Crippen LogP contribution in [0.25, 0.3) is 0 Å². The summed E-state index contributed by atoms with van der Waals surface area (Å²) in [5, 5.41) is 16.5. The van der Waals surface area contributed by atoms with Crippen LogP contribution in [0.15, 0.2) is 30.3 Å². The van der Waals surface area contributed by atoms with Crippen LogP contribution in [0.2, 0.25) is 0 Å². The van der Waals surface area contributed by atoms with Crippen LogP contribution in [-0.4, -0.2) is 20.8 Å². The summed E-state index contributed by atoms with van der Waals surface area (Å²) < 4.78 is 1.57. The highest BCUT2D eigenvalue weighted by atomic mass is 16.3. The van der Waals surface area contributed by atoms with Gasteiger partial charge in [0, 0.05) is 24.2 Å². The van der Waals surface area contributed by atoms with Gasteiger partial charge in [0.05, 0.1) is 5.69 Å². The normalized spacial score (nSPS) is 11.4. The number of carbonyl (C=O) groups excluding carboxylic acids is 1. The van der Waals surface area contributed by atoms with E-state index in [4.69, 9.17) is 0 Å². The Balaban J connectivity index is 2.24. The lowest BCUT2D eigenvalue weighted by Crippen LogP contribution is -2.15. The van der Waals surface area contributed by atoms with Crippen molar-refractivity contribution in [2.24, 2.45) is 7.05 Å². The monoisotopic (exact) mass is 273 g/mol. The second kappa shape index (κ2) is 5.00. The van der Waals surface area contributed by atoms with Crippen molar-refractivity contribution in [1.29, 1.82) is 0 Å². The van der Waals surface area contributed by atoms with Gasteiger partial charge in [-0.25, -0.2) is 0 Å². The molecule has 0 fully saturated rings. The van der Waals surface area contributed by atoms with Gasteiger partial charge in [0.25, 0.3) is 5.91 Å². The number of aryl methyl sites for hydroxylation is 1. The molecule has 1 aromatic carbocycles. The Morgan fingerprint density at radius 3 is 2.55 bits per heavy atom. The summed E-state index contributed by atoms with van der Waals surface area (Å²) in [5.74, 6) is -0.135. The summed E-state index contributed by atoms with van der Waals surface area (Å²) in [6, 6.07) is 8.24. The van der Waals surface area contributed by atoms with Gasteiger partial charge in [-0.2, -0.15) is 5.10 Å². The van der Waals surface area contributed by atoms with Gasteiger partial charge in [0.15, 0.2) is 0 Å². The van der Waals surface area contributed by atoms with Crippen LogP contribution < -0.4 is 5.32 Å². The molecule has 1 amide bonds. The van der Waals surface area contributed by atoms with Crippen LogP contribution in [0.5, 0.6) is 5.75 Å². The molecule has 0 unspecified atom stereocenters. The number of aromatic nitrogens is 2. The number of phenolic OH excluding ortho intramolecular Hbond substituents is 1. The standard InChI is InChI=1S/C15H19N3O2/c1-15(2,3)13-9-12(18(4)17-13)14(20)16-10-6-5-7-11(19)8-10/h5-9,19H,1-4H3,(H,16,20). The van der Waals surface area contributed by atoms with Crippen LogP contribution in [0.4, 0.5) is 5.69 Å². The minimum Gasteiger partial charge on any atom is -0.508 e. The number of carbonyl (C=O) groups is 1. The van der Waals surface area contributed by atoms with Gasteiger partial charge in [0.1, 0.15) is 11.4 Å². The maximum absolute atomic E-state index is 12.2. The first-order valence-corrected chi connectivity index (χ1v) is 6.42.